The molecular formula is C17H27BrNaO2Si. The van der Waals surface area contributed by atoms with Gasteiger partial charge in [-0.25, -0.2) is 0 Å². The summed E-state index contributed by atoms with van der Waals surface area (Å²) in [7, 11) is -1.67. The van der Waals surface area contributed by atoms with Crippen molar-refractivity contribution in [1.29, 1.82) is 0 Å². The molecular weight excluding hydrogens is 367 g/mol. The van der Waals surface area contributed by atoms with Crippen molar-refractivity contribution < 1.29 is 9.53 Å². The number of rotatable bonds is 3. The molecule has 0 saturated heterocycles. The summed E-state index contributed by atoms with van der Waals surface area (Å²) < 4.78 is 7.42. The van der Waals surface area contributed by atoms with Crippen LogP contribution in [-0.4, -0.2) is 49.6 Å². The van der Waals surface area contributed by atoms with Crippen LogP contribution in [0.1, 0.15) is 37.5 Å². The third kappa shape index (κ3) is 4.20. The minimum atomic E-state index is -1.67. The van der Waals surface area contributed by atoms with Crippen LogP contribution in [0.25, 0.3) is 0 Å². The van der Waals surface area contributed by atoms with E-state index in [1.54, 1.807) is 0 Å². The topological polar surface area (TPSA) is 29.5 Å². The minimum absolute atomic E-state index is 0. The summed E-state index contributed by atoms with van der Waals surface area (Å²) in [5.74, 6) is 0.928. The Kier molecular flexibility index (Phi) is 6.86. The normalized spacial score (nSPS) is 18.0. The van der Waals surface area contributed by atoms with Gasteiger partial charge in [0.1, 0.15) is 5.75 Å². The Morgan fingerprint density at radius 3 is 2.36 bits per heavy atom. The first-order chi connectivity index (χ1) is 9.53. The summed E-state index contributed by atoms with van der Waals surface area (Å²) >= 11 is 3.59. The third-order valence-corrected chi connectivity index (χ3v) is 10.4. The fourth-order valence-corrected chi connectivity index (χ4v) is 4.35. The van der Waals surface area contributed by atoms with Crippen molar-refractivity contribution in [3.8, 4) is 5.75 Å². The molecule has 1 aromatic rings. The number of aromatic hydroxyl groups is 1. The van der Waals surface area contributed by atoms with Gasteiger partial charge in [0.15, 0.2) is 8.32 Å². The molecule has 0 saturated carbocycles. The monoisotopic (exact) mass is 393 g/mol. The van der Waals surface area contributed by atoms with Crippen LogP contribution in [0.4, 0.5) is 0 Å². The van der Waals surface area contributed by atoms with Gasteiger partial charge < -0.3 is 9.53 Å². The van der Waals surface area contributed by atoms with Gasteiger partial charge in [-0.05, 0) is 66.6 Å². The first-order valence-electron chi connectivity index (χ1n) is 7.66. The van der Waals surface area contributed by atoms with Crippen molar-refractivity contribution in [2.75, 3.05) is 6.61 Å². The number of hydrogen-bond donors (Lipinski definition) is 1. The second-order valence-corrected chi connectivity index (χ2v) is 13.5. The van der Waals surface area contributed by atoms with E-state index in [-0.39, 0.29) is 34.6 Å². The molecule has 0 heterocycles. The predicted molar refractivity (Wildman–Crippen MR) is 100 cm³/mol. The van der Waals surface area contributed by atoms with Gasteiger partial charge in [-0.1, -0.05) is 36.7 Å². The average Bonchev–Trinajstić information content (AvgIpc) is 2.77. The van der Waals surface area contributed by atoms with Gasteiger partial charge in [0, 0.05) is 40.6 Å². The maximum Gasteiger partial charge on any atom is 0.191 e. The van der Waals surface area contributed by atoms with E-state index < -0.39 is 8.32 Å². The zero-order valence-electron chi connectivity index (χ0n) is 15.0. The Labute approximate surface area is 166 Å². The van der Waals surface area contributed by atoms with Crippen LogP contribution in [0.15, 0.2) is 10.5 Å². The number of halogens is 1. The molecule has 22 heavy (non-hydrogen) atoms. The van der Waals surface area contributed by atoms with E-state index >= 15 is 0 Å². The molecule has 1 aliphatic carbocycles. The van der Waals surface area contributed by atoms with Crippen LogP contribution in [-0.2, 0) is 17.3 Å². The van der Waals surface area contributed by atoms with Crippen molar-refractivity contribution >= 4 is 53.8 Å². The number of phenols is 1. The zero-order valence-corrected chi connectivity index (χ0v) is 19.6. The molecule has 0 bridgehead atoms. The molecule has 1 aromatic carbocycles. The number of phenolic OH excluding ortho intramolecular Hbond substituents is 1. The number of hydrogen-bond acceptors (Lipinski definition) is 2. The fourth-order valence-electron chi connectivity index (χ4n) is 2.65. The van der Waals surface area contributed by atoms with E-state index in [4.69, 9.17) is 4.43 Å². The van der Waals surface area contributed by atoms with Crippen LogP contribution in [0.5, 0.6) is 5.75 Å². The van der Waals surface area contributed by atoms with Gasteiger partial charge in [-0.2, -0.15) is 0 Å². The molecule has 1 N–H and O–H groups in total. The molecule has 1 unspecified atom stereocenters. The summed E-state index contributed by atoms with van der Waals surface area (Å²) in [5.41, 5.74) is 3.70. The molecule has 119 valence electrons. The quantitative estimate of drug-likeness (QED) is 0.745. The van der Waals surface area contributed by atoms with Crippen molar-refractivity contribution in [2.45, 2.75) is 58.7 Å². The second-order valence-electron chi connectivity index (χ2n) is 7.81. The number of benzene rings is 1. The van der Waals surface area contributed by atoms with Crippen molar-refractivity contribution in [1.82, 2.24) is 0 Å². The first kappa shape index (κ1) is 20.7. The maximum atomic E-state index is 9.96. The van der Waals surface area contributed by atoms with Gasteiger partial charge >= 0.3 is 0 Å². The van der Waals surface area contributed by atoms with Crippen LogP contribution in [0, 0.1) is 12.8 Å². The van der Waals surface area contributed by atoms with Crippen LogP contribution >= 0.6 is 15.9 Å². The molecule has 0 aliphatic heterocycles. The predicted octanol–water partition coefficient (Wildman–Crippen LogP) is 4.82. The Morgan fingerprint density at radius 1 is 1.27 bits per heavy atom. The second kappa shape index (κ2) is 7.28. The fraction of sp³-hybridized carbons (Fsp3) is 0.647. The summed E-state index contributed by atoms with van der Waals surface area (Å²) in [5, 5.41) is 10.2. The molecule has 0 amide bonds. The van der Waals surface area contributed by atoms with Gasteiger partial charge in [0.05, 0.1) is 0 Å². The van der Waals surface area contributed by atoms with E-state index in [9.17, 15) is 5.11 Å². The van der Waals surface area contributed by atoms with E-state index in [0.29, 0.717) is 11.7 Å². The summed E-state index contributed by atoms with van der Waals surface area (Å²) in [4.78, 5) is 0. The number of fused-ring (bicyclic) bond motifs is 1. The molecule has 0 spiro atoms. The Hall–Kier alpha value is 0.677. The van der Waals surface area contributed by atoms with Crippen LogP contribution in [0.2, 0.25) is 18.1 Å². The molecule has 0 fully saturated rings. The van der Waals surface area contributed by atoms with Crippen LogP contribution < -0.4 is 0 Å². The van der Waals surface area contributed by atoms with Crippen LogP contribution in [0.3, 0.4) is 0 Å². The van der Waals surface area contributed by atoms with E-state index in [1.807, 2.05) is 13.0 Å². The van der Waals surface area contributed by atoms with Crippen molar-refractivity contribution in [3.63, 3.8) is 0 Å². The van der Waals surface area contributed by atoms with Gasteiger partial charge in [-0.15, -0.1) is 0 Å². The average molecular weight is 394 g/mol. The minimum Gasteiger partial charge on any atom is -0.508 e. The Morgan fingerprint density at radius 2 is 1.82 bits per heavy atom. The molecule has 1 aliphatic rings. The maximum absolute atomic E-state index is 9.96. The molecule has 2 nitrogen and oxygen atoms in total. The Bertz CT molecular complexity index is 553. The summed E-state index contributed by atoms with van der Waals surface area (Å²) in [6.07, 6.45) is 2.06. The Balaban J connectivity index is 0.00000242. The van der Waals surface area contributed by atoms with E-state index in [1.165, 1.54) is 11.1 Å². The standard InChI is InChI=1S/C17H27BrO2Si.Na/c1-11-13-7-12(8-14(13)15(18)9-16(11)19)10-20-21(5,6)17(2,3)4;/h9,12,19H,7-8,10H2,1-6H3;. The molecule has 2 rings (SSSR count). The molecule has 1 atom stereocenters. The summed E-state index contributed by atoms with van der Waals surface area (Å²) in [6, 6.07) is 1.82. The van der Waals surface area contributed by atoms with Crippen molar-refractivity contribution in [3.05, 3.63) is 27.2 Å². The van der Waals surface area contributed by atoms with E-state index in [0.717, 1.165) is 29.5 Å². The first-order valence-corrected chi connectivity index (χ1v) is 11.4. The third-order valence-electron chi connectivity index (χ3n) is 5.22. The molecule has 5 heteroatoms. The smallest absolute Gasteiger partial charge is 0.191 e. The van der Waals surface area contributed by atoms with Crippen molar-refractivity contribution in [2.24, 2.45) is 5.92 Å². The summed E-state index contributed by atoms with van der Waals surface area (Å²) in [6.45, 7) is 14.3. The molecule has 0 aromatic heterocycles. The zero-order chi connectivity index (χ0) is 16.0. The molecule has 1 radical (unpaired) electrons. The SMILES string of the molecule is Cc1c(O)cc(Br)c2c1CC(CO[Si](C)(C)C(C)(C)C)C2.[Na]. The van der Waals surface area contributed by atoms with Gasteiger partial charge in [0.25, 0.3) is 0 Å². The van der Waals surface area contributed by atoms with E-state index in [2.05, 4.69) is 49.8 Å². The van der Waals surface area contributed by atoms with Gasteiger partial charge in [-0.3, -0.25) is 0 Å². The van der Waals surface area contributed by atoms with Gasteiger partial charge in [0.2, 0.25) is 0 Å². The largest absolute Gasteiger partial charge is 0.508 e.